The second kappa shape index (κ2) is 5.31. The number of nitrogens with two attached hydrogens (primary N) is 2. The van der Waals surface area contributed by atoms with Crippen molar-refractivity contribution in [1.29, 1.82) is 0 Å². The molecule has 2 heterocycles. The minimum Gasteiger partial charge on any atom is -0.497 e. The SMILES string of the molecule is COc1cc(F)c2c(c1)[C@]1(CCSC(N)=N1)c1cc(N)ccc1O2. The number of nitrogens with zero attached hydrogens (tertiary/aromatic N) is 1. The van der Waals surface area contributed by atoms with Crippen LogP contribution in [0.1, 0.15) is 17.5 Å². The van der Waals surface area contributed by atoms with Gasteiger partial charge in [0.05, 0.1) is 7.11 Å². The van der Waals surface area contributed by atoms with Gasteiger partial charge in [-0.1, -0.05) is 11.8 Å². The lowest BCUT2D eigenvalue weighted by atomic mass is 9.78. The summed E-state index contributed by atoms with van der Waals surface area (Å²) >= 11 is 1.48. The Balaban J connectivity index is 2.06. The van der Waals surface area contributed by atoms with Gasteiger partial charge in [-0.3, -0.25) is 0 Å². The molecule has 0 amide bonds. The Hall–Kier alpha value is -2.41. The first-order valence-corrected chi connectivity index (χ1v) is 8.46. The second-order valence-electron chi connectivity index (χ2n) is 5.75. The van der Waals surface area contributed by atoms with Gasteiger partial charge in [-0.05, 0) is 30.7 Å². The number of halogens is 1. The molecule has 0 bridgehead atoms. The molecule has 2 aliphatic heterocycles. The number of thioether (sulfide) groups is 1. The molecule has 0 saturated heterocycles. The molecule has 4 rings (SSSR count). The zero-order valence-electron chi connectivity index (χ0n) is 13.0. The Morgan fingerprint density at radius 1 is 1.25 bits per heavy atom. The van der Waals surface area contributed by atoms with Crippen LogP contribution in [0.25, 0.3) is 0 Å². The third-order valence-electron chi connectivity index (χ3n) is 4.37. The van der Waals surface area contributed by atoms with Crippen LogP contribution < -0.4 is 20.9 Å². The lowest BCUT2D eigenvalue weighted by Crippen LogP contribution is -2.35. The van der Waals surface area contributed by atoms with Crippen LogP contribution in [0.15, 0.2) is 35.3 Å². The molecule has 0 saturated carbocycles. The van der Waals surface area contributed by atoms with Crippen molar-refractivity contribution in [3.05, 3.63) is 47.3 Å². The predicted octanol–water partition coefficient (Wildman–Crippen LogP) is 3.22. The van der Waals surface area contributed by atoms with Gasteiger partial charge in [-0.15, -0.1) is 0 Å². The zero-order valence-corrected chi connectivity index (χ0v) is 13.8. The topological polar surface area (TPSA) is 82.9 Å². The minimum absolute atomic E-state index is 0.163. The quantitative estimate of drug-likeness (QED) is 0.776. The van der Waals surface area contributed by atoms with Crippen molar-refractivity contribution in [3.8, 4) is 17.2 Å². The van der Waals surface area contributed by atoms with Gasteiger partial charge in [0.15, 0.2) is 16.7 Å². The van der Waals surface area contributed by atoms with E-state index in [9.17, 15) is 4.39 Å². The van der Waals surface area contributed by atoms with Crippen LogP contribution in [0.4, 0.5) is 10.1 Å². The first-order chi connectivity index (χ1) is 11.5. The van der Waals surface area contributed by atoms with Gasteiger partial charge in [0.2, 0.25) is 0 Å². The molecule has 5 nitrogen and oxygen atoms in total. The van der Waals surface area contributed by atoms with Crippen LogP contribution in [-0.2, 0) is 5.54 Å². The number of fused-ring (bicyclic) bond motifs is 4. The number of hydrogen-bond donors (Lipinski definition) is 2. The molecule has 2 aromatic carbocycles. The van der Waals surface area contributed by atoms with E-state index >= 15 is 0 Å². The summed E-state index contributed by atoms with van der Waals surface area (Å²) in [5.41, 5.74) is 13.2. The van der Waals surface area contributed by atoms with Crippen LogP contribution in [0.3, 0.4) is 0 Å². The monoisotopic (exact) mass is 345 g/mol. The van der Waals surface area contributed by atoms with Crippen LogP contribution in [-0.4, -0.2) is 18.0 Å². The summed E-state index contributed by atoms with van der Waals surface area (Å²) in [7, 11) is 1.50. The van der Waals surface area contributed by atoms with Crippen LogP contribution in [0.2, 0.25) is 0 Å². The van der Waals surface area contributed by atoms with E-state index in [1.807, 2.05) is 6.07 Å². The Kier molecular flexibility index (Phi) is 3.35. The smallest absolute Gasteiger partial charge is 0.169 e. The van der Waals surface area contributed by atoms with Gasteiger partial charge >= 0.3 is 0 Å². The predicted molar refractivity (Wildman–Crippen MR) is 93.4 cm³/mol. The van der Waals surface area contributed by atoms with Crippen LogP contribution in [0, 0.1) is 5.82 Å². The molecule has 4 N–H and O–H groups in total. The van der Waals surface area contributed by atoms with Crippen molar-refractivity contribution >= 4 is 22.6 Å². The fourth-order valence-corrected chi connectivity index (χ4v) is 4.11. The van der Waals surface area contributed by atoms with Crippen LogP contribution in [0.5, 0.6) is 17.2 Å². The lowest BCUT2D eigenvalue weighted by molar-refractivity contribution is 0.359. The average Bonchev–Trinajstić information content (AvgIpc) is 2.56. The number of anilines is 1. The van der Waals surface area contributed by atoms with Gasteiger partial charge < -0.3 is 20.9 Å². The Bertz CT molecular complexity index is 871. The second-order valence-corrected chi connectivity index (χ2v) is 6.87. The highest BCUT2D eigenvalue weighted by Crippen LogP contribution is 2.54. The molecule has 124 valence electrons. The summed E-state index contributed by atoms with van der Waals surface area (Å²) in [6.07, 6.45) is 0.664. The van der Waals surface area contributed by atoms with E-state index in [-0.39, 0.29) is 5.75 Å². The van der Waals surface area contributed by atoms with Crippen LogP contribution >= 0.6 is 11.8 Å². The van der Waals surface area contributed by atoms with Crippen molar-refractivity contribution in [2.24, 2.45) is 10.7 Å². The van der Waals surface area contributed by atoms with Gasteiger partial charge in [0, 0.05) is 28.6 Å². The fourth-order valence-electron chi connectivity index (χ4n) is 3.28. The van der Waals surface area contributed by atoms with E-state index in [2.05, 4.69) is 0 Å². The number of amidine groups is 1. The number of methoxy groups -OCH3 is 1. The normalized spacial score (nSPS) is 21.5. The van der Waals surface area contributed by atoms with Crippen molar-refractivity contribution in [1.82, 2.24) is 0 Å². The summed E-state index contributed by atoms with van der Waals surface area (Å²) in [4.78, 5) is 4.71. The molecule has 1 atom stereocenters. The van der Waals surface area contributed by atoms with E-state index in [0.29, 0.717) is 34.3 Å². The average molecular weight is 345 g/mol. The highest BCUT2D eigenvalue weighted by Gasteiger charge is 2.45. The maximum absolute atomic E-state index is 14.6. The molecule has 2 aromatic rings. The molecular formula is C17H16FN3O2S. The fraction of sp³-hybridized carbons (Fsp3) is 0.235. The highest BCUT2D eigenvalue weighted by atomic mass is 32.2. The summed E-state index contributed by atoms with van der Waals surface area (Å²) in [6, 6.07) is 8.36. The summed E-state index contributed by atoms with van der Waals surface area (Å²) in [5, 5.41) is 0.464. The van der Waals surface area contributed by atoms with E-state index < -0.39 is 11.4 Å². The molecule has 0 fully saturated rings. The Morgan fingerprint density at radius 2 is 2.08 bits per heavy atom. The molecule has 0 radical (unpaired) electrons. The van der Waals surface area contributed by atoms with Crippen molar-refractivity contribution in [2.45, 2.75) is 12.0 Å². The van der Waals surface area contributed by atoms with Gasteiger partial charge in [0.1, 0.15) is 17.0 Å². The van der Waals surface area contributed by atoms with Gasteiger partial charge in [0.25, 0.3) is 0 Å². The molecule has 2 aliphatic rings. The Labute approximate surface area is 142 Å². The number of aliphatic imine (C=N–C) groups is 1. The van der Waals surface area contributed by atoms with Gasteiger partial charge in [-0.2, -0.15) is 0 Å². The van der Waals surface area contributed by atoms with Crippen molar-refractivity contribution in [3.63, 3.8) is 0 Å². The van der Waals surface area contributed by atoms with E-state index in [1.54, 1.807) is 18.2 Å². The molecule has 1 spiro atoms. The zero-order chi connectivity index (χ0) is 16.9. The first-order valence-electron chi connectivity index (χ1n) is 7.47. The van der Waals surface area contributed by atoms with Crippen molar-refractivity contribution < 1.29 is 13.9 Å². The third-order valence-corrected chi connectivity index (χ3v) is 5.17. The van der Waals surface area contributed by atoms with E-state index in [4.69, 9.17) is 25.9 Å². The first kappa shape index (κ1) is 15.1. The number of benzene rings is 2. The van der Waals surface area contributed by atoms with Gasteiger partial charge in [-0.25, -0.2) is 9.38 Å². The molecule has 7 heteroatoms. The highest BCUT2D eigenvalue weighted by molar-refractivity contribution is 8.13. The number of nitrogen functional groups attached to an aromatic ring is 1. The summed E-state index contributed by atoms with van der Waals surface area (Å²) in [6.45, 7) is 0. The van der Waals surface area contributed by atoms with E-state index in [0.717, 1.165) is 11.3 Å². The summed E-state index contributed by atoms with van der Waals surface area (Å²) in [5.74, 6) is 1.40. The minimum atomic E-state index is -0.816. The lowest BCUT2D eigenvalue weighted by Gasteiger charge is -2.39. The molecule has 0 aromatic heterocycles. The maximum Gasteiger partial charge on any atom is 0.169 e. The maximum atomic E-state index is 14.6. The number of ether oxygens (including phenoxy) is 2. The van der Waals surface area contributed by atoms with E-state index in [1.165, 1.54) is 24.9 Å². The molecule has 0 unspecified atom stereocenters. The summed E-state index contributed by atoms with van der Waals surface area (Å²) < 4.78 is 25.7. The largest absolute Gasteiger partial charge is 0.497 e. The third kappa shape index (κ3) is 2.11. The molecule has 24 heavy (non-hydrogen) atoms. The number of hydrogen-bond acceptors (Lipinski definition) is 6. The standard InChI is InChI=1S/C17H16FN3O2S/c1-22-10-7-12-15(13(18)8-10)23-14-3-2-9(19)6-11(14)17(12)4-5-24-16(20)21-17/h2-3,6-8H,4-5,19H2,1H3,(H2,20,21)/t17-/m0/s1. The molecular weight excluding hydrogens is 329 g/mol. The Morgan fingerprint density at radius 3 is 2.83 bits per heavy atom. The van der Waals surface area contributed by atoms with Crippen molar-refractivity contribution in [2.75, 3.05) is 18.6 Å². The molecule has 0 aliphatic carbocycles. The number of rotatable bonds is 1.